The lowest BCUT2D eigenvalue weighted by atomic mass is 9.95. The monoisotopic (exact) mass is 247 g/mol. The molecule has 94 valence electrons. The maximum Gasteiger partial charge on any atom is 0.220 e. The Kier molecular flexibility index (Phi) is 5.25. The van der Waals surface area contributed by atoms with Gasteiger partial charge in [-0.2, -0.15) is 0 Å². The van der Waals surface area contributed by atoms with Crippen molar-refractivity contribution in [1.29, 1.82) is 0 Å². The molecule has 0 heterocycles. The second-order valence-electron chi connectivity index (χ2n) is 4.64. The summed E-state index contributed by atoms with van der Waals surface area (Å²) >= 11 is 0. The van der Waals surface area contributed by atoms with Gasteiger partial charge in [0.15, 0.2) is 0 Å². The van der Waals surface area contributed by atoms with Crippen LogP contribution >= 0.6 is 0 Å². The summed E-state index contributed by atoms with van der Waals surface area (Å²) in [5.41, 5.74) is 0. The number of rotatable bonds is 5. The SMILES string of the molecule is CS(=O)(=O)CCCC(=O)NC1CCCCC1. The van der Waals surface area contributed by atoms with Crippen LogP contribution in [0.4, 0.5) is 0 Å². The molecular formula is C11H21NO3S. The van der Waals surface area contributed by atoms with E-state index in [1.807, 2.05) is 0 Å². The molecule has 1 aliphatic carbocycles. The Hall–Kier alpha value is -0.580. The van der Waals surface area contributed by atoms with Gasteiger partial charge in [0.1, 0.15) is 9.84 Å². The highest BCUT2D eigenvalue weighted by atomic mass is 32.2. The predicted octanol–water partition coefficient (Wildman–Crippen LogP) is 1.26. The molecule has 0 aromatic rings. The van der Waals surface area contributed by atoms with Gasteiger partial charge >= 0.3 is 0 Å². The van der Waals surface area contributed by atoms with Crippen molar-refractivity contribution >= 4 is 15.7 Å². The van der Waals surface area contributed by atoms with Crippen molar-refractivity contribution in [2.24, 2.45) is 0 Å². The van der Waals surface area contributed by atoms with Gasteiger partial charge in [0.25, 0.3) is 0 Å². The second kappa shape index (κ2) is 6.23. The molecule has 1 amide bonds. The molecular weight excluding hydrogens is 226 g/mol. The Morgan fingerprint density at radius 2 is 1.88 bits per heavy atom. The summed E-state index contributed by atoms with van der Waals surface area (Å²) in [5.74, 6) is 0.0981. The zero-order chi connectivity index (χ0) is 12.0. The summed E-state index contributed by atoms with van der Waals surface area (Å²) in [5, 5.41) is 2.97. The van der Waals surface area contributed by atoms with Crippen molar-refractivity contribution in [3.8, 4) is 0 Å². The normalized spacial score (nSPS) is 18.3. The van der Waals surface area contributed by atoms with E-state index >= 15 is 0 Å². The van der Waals surface area contributed by atoms with Crippen molar-refractivity contribution in [2.75, 3.05) is 12.0 Å². The number of hydrogen-bond acceptors (Lipinski definition) is 3. The zero-order valence-electron chi connectivity index (χ0n) is 9.87. The lowest BCUT2D eigenvalue weighted by Crippen LogP contribution is -2.36. The van der Waals surface area contributed by atoms with E-state index in [9.17, 15) is 13.2 Å². The maximum atomic E-state index is 11.5. The van der Waals surface area contributed by atoms with Crippen LogP contribution in [0.3, 0.4) is 0 Å². The summed E-state index contributed by atoms with van der Waals surface area (Å²) in [4.78, 5) is 11.5. The lowest BCUT2D eigenvalue weighted by molar-refractivity contribution is -0.122. The van der Waals surface area contributed by atoms with Gasteiger partial charge in [0.2, 0.25) is 5.91 Å². The number of hydrogen-bond donors (Lipinski definition) is 1. The smallest absolute Gasteiger partial charge is 0.220 e. The molecule has 16 heavy (non-hydrogen) atoms. The van der Waals surface area contributed by atoms with Gasteiger partial charge in [-0.3, -0.25) is 4.79 Å². The van der Waals surface area contributed by atoms with E-state index in [1.165, 1.54) is 25.5 Å². The highest BCUT2D eigenvalue weighted by molar-refractivity contribution is 7.90. The third-order valence-corrected chi connectivity index (χ3v) is 3.92. The minimum absolute atomic E-state index is 0.00412. The van der Waals surface area contributed by atoms with Gasteiger partial charge in [-0.25, -0.2) is 8.42 Å². The van der Waals surface area contributed by atoms with E-state index in [0.29, 0.717) is 18.9 Å². The van der Waals surface area contributed by atoms with Crippen LogP contribution in [0.15, 0.2) is 0 Å². The average molecular weight is 247 g/mol. The highest BCUT2D eigenvalue weighted by Gasteiger charge is 2.15. The first-order valence-corrected chi connectivity index (χ1v) is 8.00. The molecule has 1 saturated carbocycles. The zero-order valence-corrected chi connectivity index (χ0v) is 10.7. The highest BCUT2D eigenvalue weighted by Crippen LogP contribution is 2.17. The lowest BCUT2D eigenvalue weighted by Gasteiger charge is -2.22. The minimum atomic E-state index is -2.93. The first kappa shape index (κ1) is 13.5. The predicted molar refractivity (Wildman–Crippen MR) is 64.0 cm³/mol. The Balaban J connectivity index is 2.15. The molecule has 1 fully saturated rings. The van der Waals surface area contributed by atoms with Crippen molar-refractivity contribution in [2.45, 2.75) is 51.0 Å². The summed E-state index contributed by atoms with van der Waals surface area (Å²) in [7, 11) is -2.93. The summed E-state index contributed by atoms with van der Waals surface area (Å²) in [6, 6.07) is 0.319. The molecule has 1 N–H and O–H groups in total. The maximum absolute atomic E-state index is 11.5. The van der Waals surface area contributed by atoms with Crippen LogP contribution in [0.5, 0.6) is 0 Å². The molecule has 0 bridgehead atoms. The molecule has 0 aliphatic heterocycles. The van der Waals surface area contributed by atoms with E-state index in [-0.39, 0.29) is 11.7 Å². The first-order valence-electron chi connectivity index (χ1n) is 5.94. The average Bonchev–Trinajstić information content (AvgIpc) is 2.17. The number of amides is 1. The fourth-order valence-corrected chi connectivity index (χ4v) is 2.71. The van der Waals surface area contributed by atoms with Gasteiger partial charge in [-0.05, 0) is 19.3 Å². The second-order valence-corrected chi connectivity index (χ2v) is 6.90. The van der Waals surface area contributed by atoms with E-state index in [1.54, 1.807) is 0 Å². The van der Waals surface area contributed by atoms with Gasteiger partial charge in [-0.15, -0.1) is 0 Å². The molecule has 0 atom stereocenters. The van der Waals surface area contributed by atoms with Gasteiger partial charge < -0.3 is 5.32 Å². The van der Waals surface area contributed by atoms with Crippen molar-refractivity contribution in [3.05, 3.63) is 0 Å². The molecule has 1 rings (SSSR count). The topological polar surface area (TPSA) is 63.2 Å². The third kappa shape index (κ3) is 6.10. The van der Waals surface area contributed by atoms with Crippen molar-refractivity contribution in [1.82, 2.24) is 5.32 Å². The molecule has 0 radical (unpaired) electrons. The largest absolute Gasteiger partial charge is 0.353 e. The van der Waals surface area contributed by atoms with Gasteiger partial charge in [0.05, 0.1) is 5.75 Å². The van der Waals surface area contributed by atoms with E-state index < -0.39 is 9.84 Å². The fourth-order valence-electron chi connectivity index (χ4n) is 2.04. The Morgan fingerprint density at radius 1 is 1.25 bits per heavy atom. The van der Waals surface area contributed by atoms with Crippen LogP contribution in [0, 0.1) is 0 Å². The fraction of sp³-hybridized carbons (Fsp3) is 0.909. The number of nitrogens with one attached hydrogen (secondary N) is 1. The summed E-state index contributed by atoms with van der Waals surface area (Å²) in [6.07, 6.45) is 7.73. The molecule has 5 heteroatoms. The standard InChI is InChI=1S/C11H21NO3S/c1-16(14,15)9-5-8-11(13)12-10-6-3-2-4-7-10/h10H,2-9H2,1H3,(H,12,13). The van der Waals surface area contributed by atoms with Crippen LogP contribution in [0.2, 0.25) is 0 Å². The minimum Gasteiger partial charge on any atom is -0.353 e. The molecule has 0 aromatic carbocycles. The van der Waals surface area contributed by atoms with E-state index in [0.717, 1.165) is 12.8 Å². The number of sulfone groups is 1. The van der Waals surface area contributed by atoms with Crippen molar-refractivity contribution < 1.29 is 13.2 Å². The molecule has 0 spiro atoms. The van der Waals surface area contributed by atoms with Crippen LogP contribution in [0.25, 0.3) is 0 Å². The number of carbonyl (C=O) groups is 1. The van der Waals surface area contributed by atoms with Crippen molar-refractivity contribution in [3.63, 3.8) is 0 Å². The molecule has 4 nitrogen and oxygen atoms in total. The van der Waals surface area contributed by atoms with E-state index in [2.05, 4.69) is 5.32 Å². The Bertz CT molecular complexity index is 318. The molecule has 1 aliphatic rings. The Morgan fingerprint density at radius 3 is 2.44 bits per heavy atom. The quantitative estimate of drug-likeness (QED) is 0.795. The van der Waals surface area contributed by atoms with Crippen LogP contribution < -0.4 is 5.32 Å². The summed E-state index contributed by atoms with van der Waals surface area (Å²) in [6.45, 7) is 0. The van der Waals surface area contributed by atoms with Crippen LogP contribution in [-0.2, 0) is 14.6 Å². The summed E-state index contributed by atoms with van der Waals surface area (Å²) < 4.78 is 21.7. The van der Waals surface area contributed by atoms with Crippen LogP contribution in [-0.4, -0.2) is 32.4 Å². The molecule has 0 unspecified atom stereocenters. The molecule has 0 saturated heterocycles. The molecule has 0 aromatic heterocycles. The van der Waals surface area contributed by atoms with Gasteiger partial charge in [-0.1, -0.05) is 19.3 Å². The van der Waals surface area contributed by atoms with Gasteiger partial charge in [0, 0.05) is 18.7 Å². The number of carbonyl (C=O) groups excluding carboxylic acids is 1. The van der Waals surface area contributed by atoms with E-state index in [4.69, 9.17) is 0 Å². The van der Waals surface area contributed by atoms with Crippen LogP contribution in [0.1, 0.15) is 44.9 Å². The first-order chi connectivity index (χ1) is 7.47. The third-order valence-electron chi connectivity index (χ3n) is 2.89. The Labute approximate surface area is 97.7 Å².